The molecule has 5 heteroatoms. The van der Waals surface area contributed by atoms with Crippen molar-refractivity contribution in [2.75, 3.05) is 6.26 Å². The highest BCUT2D eigenvalue weighted by Gasteiger charge is 2.00. The lowest BCUT2D eigenvalue weighted by Crippen LogP contribution is -2.02. The maximum Gasteiger partial charge on any atom is 0.264 e. The molecule has 0 aliphatic carbocycles. The van der Waals surface area contributed by atoms with Crippen LogP contribution < -0.4 is 0 Å². The molecule has 0 aliphatic heterocycles. The van der Waals surface area contributed by atoms with Crippen molar-refractivity contribution in [2.45, 2.75) is 41.2 Å². The van der Waals surface area contributed by atoms with Crippen LogP contribution in [0.25, 0.3) is 0 Å². The molecular formula is C14H25NO3S. The molecular weight excluding hydrogens is 262 g/mol. The van der Waals surface area contributed by atoms with Crippen molar-refractivity contribution < 1.29 is 12.6 Å². The fourth-order valence-electron chi connectivity index (χ4n) is 0.749. The Balaban J connectivity index is -0.000000313. The Morgan fingerprint density at radius 1 is 1.11 bits per heavy atom. The Bertz CT molecular complexity index is 408. The average Bonchev–Trinajstić information content (AvgIpc) is 2.42. The second-order valence-electron chi connectivity index (χ2n) is 2.68. The summed E-state index contributed by atoms with van der Waals surface area (Å²) in [4.78, 5) is 0. The van der Waals surface area contributed by atoms with Gasteiger partial charge in [-0.3, -0.25) is 4.18 Å². The summed E-state index contributed by atoms with van der Waals surface area (Å²) in [7, 11) is -3.32. The van der Waals surface area contributed by atoms with Gasteiger partial charge in [0.2, 0.25) is 0 Å². The van der Waals surface area contributed by atoms with E-state index in [1.54, 1.807) is 6.07 Å². The van der Waals surface area contributed by atoms with E-state index in [0.717, 1.165) is 11.8 Å². The first kappa shape index (κ1) is 22.8. The van der Waals surface area contributed by atoms with E-state index < -0.39 is 10.1 Å². The molecule has 1 rings (SSSR count). The molecule has 0 bridgehead atoms. The highest BCUT2D eigenvalue weighted by atomic mass is 32.2. The summed E-state index contributed by atoms with van der Waals surface area (Å²) in [6, 6.07) is 10.9. The number of rotatable bonds is 3. The lowest BCUT2D eigenvalue weighted by Gasteiger charge is -1.99. The summed E-state index contributed by atoms with van der Waals surface area (Å²) in [5.74, 6) is 0. The van der Waals surface area contributed by atoms with Crippen molar-refractivity contribution in [3.8, 4) is 6.07 Å². The largest absolute Gasteiger partial charge is 0.265 e. The van der Waals surface area contributed by atoms with Crippen molar-refractivity contribution in [1.29, 1.82) is 5.26 Å². The van der Waals surface area contributed by atoms with Crippen LogP contribution in [-0.2, 0) is 20.9 Å². The van der Waals surface area contributed by atoms with Gasteiger partial charge in [0.15, 0.2) is 0 Å². The van der Waals surface area contributed by atoms with Crippen molar-refractivity contribution in [1.82, 2.24) is 0 Å². The van der Waals surface area contributed by atoms with Gasteiger partial charge in [-0.2, -0.15) is 13.7 Å². The average molecular weight is 287 g/mol. The van der Waals surface area contributed by atoms with Gasteiger partial charge in [-0.15, -0.1) is 0 Å². The zero-order valence-corrected chi connectivity index (χ0v) is 13.5. The van der Waals surface area contributed by atoms with E-state index in [2.05, 4.69) is 4.18 Å². The number of nitrogens with zero attached hydrogens (tertiary/aromatic N) is 1. The minimum atomic E-state index is -3.32. The summed E-state index contributed by atoms with van der Waals surface area (Å²) < 4.78 is 25.8. The molecule has 0 aliphatic rings. The molecule has 0 amide bonds. The third kappa shape index (κ3) is 22.3. The summed E-state index contributed by atoms with van der Waals surface area (Å²) in [6.45, 7) is 9.54. The van der Waals surface area contributed by atoms with Crippen LogP contribution >= 0.6 is 0 Å². The quantitative estimate of drug-likeness (QED) is 0.794. The predicted molar refractivity (Wildman–Crippen MR) is 80.1 cm³/mol. The van der Waals surface area contributed by atoms with Gasteiger partial charge in [0.25, 0.3) is 10.1 Å². The third-order valence-electron chi connectivity index (χ3n) is 1.28. The standard InChI is InChI=1S/C8H10O3S.C2H3N.2C2H6/c1-12(9,10)11-7-8-5-3-2-4-6-8;1-2-3;2*1-2/h2-6H,7H2,1H3;1H3;2*1-2H3. The van der Waals surface area contributed by atoms with Crippen LogP contribution in [0.15, 0.2) is 30.3 Å². The molecule has 0 N–H and O–H groups in total. The van der Waals surface area contributed by atoms with Crippen LogP contribution in [0.2, 0.25) is 0 Å². The molecule has 0 aromatic heterocycles. The van der Waals surface area contributed by atoms with Crippen LogP contribution in [0.4, 0.5) is 0 Å². The third-order valence-corrected chi connectivity index (χ3v) is 1.83. The molecule has 0 saturated carbocycles. The Labute approximate surface area is 118 Å². The van der Waals surface area contributed by atoms with Gasteiger partial charge in [-0.25, -0.2) is 0 Å². The Kier molecular flexibility index (Phi) is 19.9. The molecule has 0 heterocycles. The zero-order valence-electron chi connectivity index (χ0n) is 12.7. The Morgan fingerprint density at radius 3 is 1.79 bits per heavy atom. The number of nitriles is 1. The molecule has 19 heavy (non-hydrogen) atoms. The van der Waals surface area contributed by atoms with Gasteiger partial charge in [-0.05, 0) is 5.56 Å². The fraction of sp³-hybridized carbons (Fsp3) is 0.500. The summed E-state index contributed by atoms with van der Waals surface area (Å²) >= 11 is 0. The second kappa shape index (κ2) is 16.6. The first-order valence-electron chi connectivity index (χ1n) is 6.18. The van der Waals surface area contributed by atoms with Gasteiger partial charge in [0, 0.05) is 6.92 Å². The van der Waals surface area contributed by atoms with E-state index in [9.17, 15) is 8.42 Å². The van der Waals surface area contributed by atoms with E-state index in [-0.39, 0.29) is 6.61 Å². The van der Waals surface area contributed by atoms with Gasteiger partial charge >= 0.3 is 0 Å². The van der Waals surface area contributed by atoms with Crippen molar-refractivity contribution in [3.05, 3.63) is 35.9 Å². The van der Waals surface area contributed by atoms with Gasteiger partial charge in [-0.1, -0.05) is 58.0 Å². The first-order valence-corrected chi connectivity index (χ1v) is 8.00. The number of benzene rings is 1. The lowest BCUT2D eigenvalue weighted by molar-refractivity contribution is 0.311. The highest BCUT2D eigenvalue weighted by molar-refractivity contribution is 7.85. The molecule has 1 aromatic rings. The van der Waals surface area contributed by atoms with E-state index in [4.69, 9.17) is 5.26 Å². The van der Waals surface area contributed by atoms with Gasteiger partial charge in [0.1, 0.15) is 0 Å². The maximum absolute atomic E-state index is 10.6. The lowest BCUT2D eigenvalue weighted by atomic mass is 10.2. The predicted octanol–water partition coefficient (Wildman–Crippen LogP) is 3.75. The molecule has 110 valence electrons. The number of hydrogen-bond acceptors (Lipinski definition) is 4. The Morgan fingerprint density at radius 2 is 1.47 bits per heavy atom. The minimum absolute atomic E-state index is 0.111. The molecule has 1 aromatic carbocycles. The van der Waals surface area contributed by atoms with Crippen molar-refractivity contribution in [3.63, 3.8) is 0 Å². The van der Waals surface area contributed by atoms with E-state index >= 15 is 0 Å². The summed E-state index contributed by atoms with van der Waals surface area (Å²) in [6.07, 6.45) is 1.04. The molecule has 4 nitrogen and oxygen atoms in total. The Hall–Kier alpha value is -1.38. The van der Waals surface area contributed by atoms with Crippen LogP contribution in [-0.4, -0.2) is 14.7 Å². The summed E-state index contributed by atoms with van der Waals surface area (Å²) in [5.41, 5.74) is 0.850. The minimum Gasteiger partial charge on any atom is -0.265 e. The number of hydrogen-bond donors (Lipinski definition) is 0. The molecule has 0 saturated heterocycles. The normalized spacial score (nSPS) is 8.26. The van der Waals surface area contributed by atoms with E-state index in [1.165, 1.54) is 6.92 Å². The van der Waals surface area contributed by atoms with Crippen LogP contribution in [0, 0.1) is 11.3 Å². The molecule has 0 atom stereocenters. The summed E-state index contributed by atoms with van der Waals surface area (Å²) in [5, 5.41) is 7.32. The van der Waals surface area contributed by atoms with Gasteiger partial charge in [0.05, 0.1) is 18.9 Å². The zero-order chi connectivity index (χ0) is 15.7. The monoisotopic (exact) mass is 287 g/mol. The van der Waals surface area contributed by atoms with Crippen molar-refractivity contribution >= 4 is 10.1 Å². The van der Waals surface area contributed by atoms with Crippen LogP contribution in [0.5, 0.6) is 0 Å². The molecule has 0 radical (unpaired) electrons. The highest BCUT2D eigenvalue weighted by Crippen LogP contribution is 2.02. The van der Waals surface area contributed by atoms with E-state index in [1.807, 2.05) is 58.0 Å². The SMILES string of the molecule is CC.CC.CC#N.CS(=O)(=O)OCc1ccccc1. The first-order chi connectivity index (χ1) is 8.99. The second-order valence-corrected chi connectivity index (χ2v) is 4.32. The fourth-order valence-corrected chi connectivity index (χ4v) is 1.10. The molecule has 0 spiro atoms. The molecule has 0 unspecified atom stereocenters. The van der Waals surface area contributed by atoms with Crippen LogP contribution in [0.3, 0.4) is 0 Å². The molecule has 0 fully saturated rings. The van der Waals surface area contributed by atoms with E-state index in [0.29, 0.717) is 0 Å². The van der Waals surface area contributed by atoms with Gasteiger partial charge < -0.3 is 0 Å². The van der Waals surface area contributed by atoms with Crippen LogP contribution in [0.1, 0.15) is 40.2 Å². The smallest absolute Gasteiger partial charge is 0.264 e. The van der Waals surface area contributed by atoms with Crippen molar-refractivity contribution in [2.24, 2.45) is 0 Å². The topological polar surface area (TPSA) is 67.2 Å². The maximum atomic E-state index is 10.6.